The maximum Gasteiger partial charge on any atom is 0.242 e. The molecule has 1 aromatic rings. The molecular weight excluding hydrogens is 342 g/mol. The van der Waals surface area contributed by atoms with Crippen LogP contribution >= 0.6 is 11.8 Å². The van der Waals surface area contributed by atoms with Crippen LogP contribution in [-0.2, 0) is 4.79 Å². The van der Waals surface area contributed by atoms with Crippen molar-refractivity contribution < 1.29 is 4.79 Å². The molecule has 3 atom stereocenters. The van der Waals surface area contributed by atoms with E-state index in [0.717, 1.165) is 43.0 Å². The van der Waals surface area contributed by atoms with Crippen LogP contribution in [0.1, 0.15) is 43.7 Å². The minimum absolute atomic E-state index is 0.159. The van der Waals surface area contributed by atoms with Crippen LogP contribution in [0.4, 0.5) is 0 Å². The molecule has 1 aromatic carbocycles. The molecule has 0 spiro atoms. The van der Waals surface area contributed by atoms with E-state index in [2.05, 4.69) is 22.3 Å². The van der Waals surface area contributed by atoms with Crippen LogP contribution in [0.25, 0.3) is 0 Å². The number of fused-ring (bicyclic) bond motifs is 2. The Morgan fingerprint density at radius 3 is 2.42 bits per heavy atom. The summed E-state index contributed by atoms with van der Waals surface area (Å²) >= 11 is 1.99. The van der Waals surface area contributed by atoms with E-state index >= 15 is 0 Å². The largest absolute Gasteiger partial charge is 0.351 e. The van der Waals surface area contributed by atoms with Crippen LogP contribution in [0.3, 0.4) is 0 Å². The van der Waals surface area contributed by atoms with Crippen molar-refractivity contribution in [2.24, 2.45) is 17.6 Å². The third-order valence-corrected chi connectivity index (χ3v) is 7.40. The zero-order valence-electron chi connectivity index (χ0n) is 15.5. The third-order valence-electron chi connectivity index (χ3n) is 6.46. The fraction of sp³-hybridized carbons (Fsp3) is 0.667. The Bertz CT molecular complexity index is 591. The van der Waals surface area contributed by atoms with Gasteiger partial charge in [0.15, 0.2) is 0 Å². The van der Waals surface area contributed by atoms with Crippen molar-refractivity contribution in [2.45, 2.75) is 50.2 Å². The number of hydrogen-bond acceptors (Lipinski definition) is 4. The molecule has 4 nitrogen and oxygen atoms in total. The number of nitrogens with zero attached hydrogens (tertiary/aromatic N) is 1. The molecule has 5 heteroatoms. The number of nitrogens with two attached hydrogens (primary N) is 1. The molecule has 2 bridgehead atoms. The van der Waals surface area contributed by atoms with Gasteiger partial charge in [0.25, 0.3) is 0 Å². The van der Waals surface area contributed by atoms with Gasteiger partial charge in [-0.3, -0.25) is 9.69 Å². The number of rotatable bonds is 4. The van der Waals surface area contributed by atoms with Gasteiger partial charge in [0.1, 0.15) is 6.04 Å². The minimum Gasteiger partial charge on any atom is -0.351 e. The van der Waals surface area contributed by atoms with Gasteiger partial charge >= 0.3 is 0 Å². The number of hydrogen-bond donors (Lipinski definition) is 2. The molecule has 0 radical (unpaired) electrons. The van der Waals surface area contributed by atoms with Crippen LogP contribution in [-0.4, -0.2) is 47.5 Å². The zero-order valence-corrected chi connectivity index (χ0v) is 16.3. The van der Waals surface area contributed by atoms with Crippen LogP contribution < -0.4 is 11.1 Å². The normalized spacial score (nSPS) is 33.4. The Labute approximate surface area is 161 Å². The maximum absolute atomic E-state index is 13.4. The molecule has 4 rings (SSSR count). The fourth-order valence-corrected chi connectivity index (χ4v) is 6.20. The van der Waals surface area contributed by atoms with Gasteiger partial charge in [0.05, 0.1) is 0 Å². The van der Waals surface area contributed by atoms with Crippen LogP contribution in [0.2, 0.25) is 0 Å². The van der Waals surface area contributed by atoms with E-state index in [1.54, 1.807) is 0 Å². The van der Waals surface area contributed by atoms with Crippen molar-refractivity contribution in [3.8, 4) is 0 Å². The summed E-state index contributed by atoms with van der Waals surface area (Å²) < 4.78 is 0. The summed E-state index contributed by atoms with van der Waals surface area (Å²) in [7, 11) is 0. The zero-order chi connectivity index (χ0) is 17.9. The summed E-state index contributed by atoms with van der Waals surface area (Å²) in [6.45, 7) is 1.97. The molecule has 3 fully saturated rings. The summed E-state index contributed by atoms with van der Waals surface area (Å²) in [6, 6.07) is 10.8. The minimum atomic E-state index is -0.159. The monoisotopic (exact) mass is 373 g/mol. The summed E-state index contributed by atoms with van der Waals surface area (Å²) in [6.07, 6.45) is 5.85. The molecule has 1 amide bonds. The number of benzene rings is 1. The van der Waals surface area contributed by atoms with Crippen LogP contribution in [0.15, 0.2) is 30.3 Å². The molecule has 2 saturated carbocycles. The van der Waals surface area contributed by atoms with Crippen molar-refractivity contribution in [3.05, 3.63) is 35.9 Å². The average Bonchev–Trinajstić information content (AvgIpc) is 2.64. The molecule has 0 aromatic heterocycles. The lowest BCUT2D eigenvalue weighted by Gasteiger charge is -2.46. The van der Waals surface area contributed by atoms with E-state index in [1.165, 1.54) is 19.3 Å². The molecule has 3 unspecified atom stereocenters. The Hall–Kier alpha value is -1.04. The smallest absolute Gasteiger partial charge is 0.242 e. The number of nitrogens with one attached hydrogen (secondary N) is 1. The highest BCUT2D eigenvalue weighted by Gasteiger charge is 2.41. The van der Waals surface area contributed by atoms with Crippen molar-refractivity contribution in [1.82, 2.24) is 10.2 Å². The summed E-state index contributed by atoms with van der Waals surface area (Å²) in [5.41, 5.74) is 7.38. The van der Waals surface area contributed by atoms with E-state index in [1.807, 2.05) is 30.0 Å². The van der Waals surface area contributed by atoms with Crippen molar-refractivity contribution in [1.29, 1.82) is 0 Å². The first kappa shape index (κ1) is 18.3. The lowest BCUT2D eigenvalue weighted by atomic mass is 9.67. The molecule has 3 N–H and O–H groups in total. The SMILES string of the molecule is NC1CC2CCCC(C1)C2NC(=O)C(c1ccccc1)N1CCSCC1. The molecule has 142 valence electrons. The van der Waals surface area contributed by atoms with Gasteiger partial charge < -0.3 is 11.1 Å². The van der Waals surface area contributed by atoms with E-state index in [9.17, 15) is 4.79 Å². The first-order chi connectivity index (χ1) is 12.7. The summed E-state index contributed by atoms with van der Waals surface area (Å²) in [5, 5.41) is 3.49. The van der Waals surface area contributed by atoms with E-state index in [-0.39, 0.29) is 11.9 Å². The standard InChI is InChI=1S/C21H31N3OS/c22-18-13-16-7-4-8-17(14-18)19(16)23-21(25)20(15-5-2-1-3-6-15)24-9-11-26-12-10-24/h1-3,5-6,16-20H,4,7-14,22H2,(H,23,25). The molecule has 3 aliphatic rings. The molecule has 1 saturated heterocycles. The first-order valence-corrected chi connectivity index (χ1v) is 11.3. The second-order valence-electron chi connectivity index (χ2n) is 8.18. The van der Waals surface area contributed by atoms with Gasteiger partial charge in [0.2, 0.25) is 5.91 Å². The van der Waals surface area contributed by atoms with Gasteiger partial charge in [-0.25, -0.2) is 0 Å². The quantitative estimate of drug-likeness (QED) is 0.852. The van der Waals surface area contributed by atoms with Gasteiger partial charge in [0, 0.05) is 36.7 Å². The molecule has 1 aliphatic heterocycles. The highest BCUT2D eigenvalue weighted by Crippen LogP contribution is 2.40. The van der Waals surface area contributed by atoms with Crippen LogP contribution in [0, 0.1) is 11.8 Å². The lowest BCUT2D eigenvalue weighted by Crippen LogP contribution is -2.56. The Morgan fingerprint density at radius 2 is 1.77 bits per heavy atom. The van der Waals surface area contributed by atoms with Gasteiger partial charge in [-0.15, -0.1) is 0 Å². The predicted molar refractivity (Wildman–Crippen MR) is 108 cm³/mol. The summed E-state index contributed by atoms with van der Waals surface area (Å²) in [4.78, 5) is 15.8. The third kappa shape index (κ3) is 3.95. The van der Waals surface area contributed by atoms with Gasteiger partial charge in [-0.1, -0.05) is 36.8 Å². The van der Waals surface area contributed by atoms with Crippen molar-refractivity contribution in [3.63, 3.8) is 0 Å². The molecule has 2 aliphatic carbocycles. The highest BCUT2D eigenvalue weighted by atomic mass is 32.2. The lowest BCUT2D eigenvalue weighted by molar-refractivity contribution is -0.129. The first-order valence-electron chi connectivity index (χ1n) is 10.1. The highest BCUT2D eigenvalue weighted by molar-refractivity contribution is 7.99. The summed E-state index contributed by atoms with van der Waals surface area (Å²) in [5.74, 6) is 3.55. The van der Waals surface area contributed by atoms with Crippen LogP contribution in [0.5, 0.6) is 0 Å². The molecule has 26 heavy (non-hydrogen) atoms. The fourth-order valence-electron chi connectivity index (χ4n) is 5.27. The molecule has 1 heterocycles. The van der Waals surface area contributed by atoms with E-state index < -0.39 is 0 Å². The maximum atomic E-state index is 13.4. The van der Waals surface area contributed by atoms with Gasteiger partial charge in [-0.05, 0) is 43.1 Å². The van der Waals surface area contributed by atoms with Crippen molar-refractivity contribution >= 4 is 17.7 Å². The van der Waals surface area contributed by atoms with E-state index in [0.29, 0.717) is 23.9 Å². The Balaban J connectivity index is 1.53. The number of carbonyl (C=O) groups excluding carboxylic acids is 1. The number of carbonyl (C=O) groups is 1. The topological polar surface area (TPSA) is 58.4 Å². The second-order valence-corrected chi connectivity index (χ2v) is 9.40. The van der Waals surface area contributed by atoms with Crippen molar-refractivity contribution in [2.75, 3.05) is 24.6 Å². The molecular formula is C21H31N3OS. The number of amides is 1. The second kappa shape index (κ2) is 8.32. The van der Waals surface area contributed by atoms with Gasteiger partial charge in [-0.2, -0.15) is 11.8 Å². The Kier molecular flexibility index (Phi) is 5.87. The average molecular weight is 374 g/mol. The van der Waals surface area contributed by atoms with E-state index in [4.69, 9.17) is 5.73 Å². The predicted octanol–water partition coefficient (Wildman–Crippen LogP) is 2.80. The Morgan fingerprint density at radius 1 is 1.12 bits per heavy atom. The number of thioether (sulfide) groups is 1.